The summed E-state index contributed by atoms with van der Waals surface area (Å²) in [6.07, 6.45) is 0. The fourth-order valence-corrected chi connectivity index (χ4v) is 1.87. The highest BCUT2D eigenvalue weighted by Gasteiger charge is 2.15. The molecule has 0 aliphatic heterocycles. The Morgan fingerprint density at radius 2 is 2.11 bits per heavy atom. The fraction of sp³-hybridized carbons (Fsp3) is 0.214. The Hall–Kier alpha value is -1.94. The first-order valence-corrected chi connectivity index (χ1v) is 6.21. The van der Waals surface area contributed by atoms with E-state index in [1.807, 2.05) is 26.0 Å². The Bertz CT molecular complexity index is 606. The molecule has 2 rings (SSSR count). The summed E-state index contributed by atoms with van der Waals surface area (Å²) in [7, 11) is 0. The van der Waals surface area contributed by atoms with Gasteiger partial charge in [0.2, 0.25) is 0 Å². The number of aryl methyl sites for hydroxylation is 1. The van der Waals surface area contributed by atoms with Crippen molar-refractivity contribution < 1.29 is 14.3 Å². The molecule has 5 heteroatoms. The van der Waals surface area contributed by atoms with E-state index in [0.717, 1.165) is 5.76 Å². The van der Waals surface area contributed by atoms with E-state index in [-0.39, 0.29) is 22.7 Å². The molecule has 1 aromatic carbocycles. The summed E-state index contributed by atoms with van der Waals surface area (Å²) in [5, 5.41) is 12.3. The Balaban J connectivity index is 2.10. The van der Waals surface area contributed by atoms with E-state index in [4.69, 9.17) is 16.0 Å². The topological polar surface area (TPSA) is 62.5 Å². The number of rotatable bonds is 3. The molecule has 0 saturated heterocycles. The van der Waals surface area contributed by atoms with Gasteiger partial charge in [-0.1, -0.05) is 11.6 Å². The van der Waals surface area contributed by atoms with Gasteiger partial charge in [0.15, 0.2) is 0 Å². The molecule has 0 aliphatic rings. The van der Waals surface area contributed by atoms with Crippen LogP contribution in [0.4, 0.5) is 0 Å². The van der Waals surface area contributed by atoms with Gasteiger partial charge in [0.25, 0.3) is 5.91 Å². The lowest BCUT2D eigenvalue weighted by molar-refractivity contribution is 0.0935. The van der Waals surface area contributed by atoms with Crippen molar-refractivity contribution in [3.8, 4) is 5.75 Å². The number of carbonyl (C=O) groups excluding carboxylic acids is 1. The Labute approximate surface area is 116 Å². The molecule has 1 aromatic heterocycles. The maximum absolute atomic E-state index is 12.0. The summed E-state index contributed by atoms with van der Waals surface area (Å²) in [4.78, 5) is 12.0. The number of furan rings is 1. The highest BCUT2D eigenvalue weighted by Crippen LogP contribution is 2.24. The molecule has 0 radical (unpaired) electrons. The zero-order chi connectivity index (χ0) is 14.0. The van der Waals surface area contributed by atoms with Gasteiger partial charge in [-0.05, 0) is 44.2 Å². The number of aromatic hydroxyl groups is 1. The van der Waals surface area contributed by atoms with Crippen LogP contribution in [0.1, 0.15) is 34.8 Å². The third-order valence-electron chi connectivity index (χ3n) is 2.75. The minimum Gasteiger partial charge on any atom is -0.506 e. The summed E-state index contributed by atoms with van der Waals surface area (Å²) in [6.45, 7) is 3.68. The number of nitrogens with one attached hydrogen (secondary N) is 1. The van der Waals surface area contributed by atoms with Gasteiger partial charge in [-0.25, -0.2) is 0 Å². The second-order valence-electron chi connectivity index (χ2n) is 4.31. The van der Waals surface area contributed by atoms with E-state index < -0.39 is 0 Å². The average molecular weight is 280 g/mol. The number of halogens is 1. The van der Waals surface area contributed by atoms with E-state index in [2.05, 4.69) is 5.32 Å². The van der Waals surface area contributed by atoms with Gasteiger partial charge in [-0.3, -0.25) is 4.79 Å². The number of benzene rings is 1. The molecule has 2 N–H and O–H groups in total. The number of hydrogen-bond acceptors (Lipinski definition) is 3. The summed E-state index contributed by atoms with van der Waals surface area (Å²) < 4.78 is 5.44. The van der Waals surface area contributed by atoms with Gasteiger partial charge in [0, 0.05) is 5.56 Å². The molecule has 0 fully saturated rings. The van der Waals surface area contributed by atoms with Crippen LogP contribution in [-0.2, 0) is 0 Å². The van der Waals surface area contributed by atoms with Crippen LogP contribution >= 0.6 is 11.6 Å². The highest BCUT2D eigenvalue weighted by atomic mass is 35.5. The van der Waals surface area contributed by atoms with Crippen LogP contribution in [0, 0.1) is 6.92 Å². The normalized spacial score (nSPS) is 12.2. The molecule has 100 valence electrons. The molecular formula is C14H14ClNO3. The summed E-state index contributed by atoms with van der Waals surface area (Å²) in [5.74, 6) is 1.16. The van der Waals surface area contributed by atoms with Crippen molar-refractivity contribution in [2.45, 2.75) is 19.9 Å². The van der Waals surface area contributed by atoms with Crippen LogP contribution < -0.4 is 5.32 Å². The van der Waals surface area contributed by atoms with Gasteiger partial charge in [0.1, 0.15) is 17.3 Å². The van der Waals surface area contributed by atoms with Crippen molar-refractivity contribution in [3.05, 3.63) is 52.4 Å². The molecule has 19 heavy (non-hydrogen) atoms. The minimum atomic E-state index is -0.275. The predicted molar refractivity (Wildman–Crippen MR) is 72.4 cm³/mol. The zero-order valence-corrected chi connectivity index (χ0v) is 11.4. The van der Waals surface area contributed by atoms with Crippen molar-refractivity contribution in [1.82, 2.24) is 5.32 Å². The first-order valence-electron chi connectivity index (χ1n) is 5.83. The molecule has 2 aromatic rings. The second kappa shape index (κ2) is 5.36. The van der Waals surface area contributed by atoms with Gasteiger partial charge in [0.05, 0.1) is 11.1 Å². The summed E-state index contributed by atoms with van der Waals surface area (Å²) in [5.41, 5.74) is 0.387. The van der Waals surface area contributed by atoms with Crippen molar-refractivity contribution in [2.75, 3.05) is 0 Å². The lowest BCUT2D eigenvalue weighted by Crippen LogP contribution is -2.26. The zero-order valence-electron chi connectivity index (χ0n) is 10.6. The van der Waals surface area contributed by atoms with Gasteiger partial charge >= 0.3 is 0 Å². The lowest BCUT2D eigenvalue weighted by Gasteiger charge is -2.11. The molecule has 4 nitrogen and oxygen atoms in total. The van der Waals surface area contributed by atoms with E-state index in [1.54, 1.807) is 0 Å². The van der Waals surface area contributed by atoms with Crippen LogP contribution in [0.15, 0.2) is 34.7 Å². The molecule has 0 unspecified atom stereocenters. The third kappa shape index (κ3) is 3.09. The third-order valence-corrected chi connectivity index (χ3v) is 3.05. The Morgan fingerprint density at radius 3 is 2.68 bits per heavy atom. The average Bonchev–Trinajstić information content (AvgIpc) is 2.79. The van der Waals surface area contributed by atoms with Gasteiger partial charge in [-0.15, -0.1) is 0 Å². The number of hydrogen-bond donors (Lipinski definition) is 2. The van der Waals surface area contributed by atoms with Crippen LogP contribution in [0.2, 0.25) is 5.02 Å². The van der Waals surface area contributed by atoms with Crippen LogP contribution in [0.5, 0.6) is 5.75 Å². The maximum Gasteiger partial charge on any atom is 0.251 e. The molecule has 0 bridgehead atoms. The summed E-state index contributed by atoms with van der Waals surface area (Å²) >= 11 is 5.77. The monoisotopic (exact) mass is 279 g/mol. The fourth-order valence-electron chi connectivity index (χ4n) is 1.69. The van der Waals surface area contributed by atoms with Crippen LogP contribution in [0.25, 0.3) is 0 Å². The first-order chi connectivity index (χ1) is 8.97. The van der Waals surface area contributed by atoms with Gasteiger partial charge in [-0.2, -0.15) is 0 Å². The SMILES string of the molecule is Cc1ccc([C@@H](C)NC(=O)c2ccc(O)c(Cl)c2)o1. The number of carbonyl (C=O) groups is 1. The largest absolute Gasteiger partial charge is 0.506 e. The lowest BCUT2D eigenvalue weighted by atomic mass is 10.2. The molecule has 1 heterocycles. The predicted octanol–water partition coefficient (Wildman–Crippen LogP) is 3.44. The molecule has 0 aliphatic carbocycles. The second-order valence-corrected chi connectivity index (χ2v) is 4.72. The van der Waals surface area contributed by atoms with Crippen LogP contribution in [-0.4, -0.2) is 11.0 Å². The van der Waals surface area contributed by atoms with E-state index >= 15 is 0 Å². The Kier molecular flexibility index (Phi) is 3.81. The summed E-state index contributed by atoms with van der Waals surface area (Å²) in [6, 6.07) is 7.75. The standard InChI is InChI=1S/C14H14ClNO3/c1-8-3-6-13(19-8)9(2)16-14(18)10-4-5-12(17)11(15)7-10/h3-7,9,17H,1-2H3,(H,16,18)/t9-/m1/s1. The maximum atomic E-state index is 12.0. The van der Waals surface area contributed by atoms with E-state index in [1.165, 1.54) is 18.2 Å². The molecule has 1 atom stereocenters. The van der Waals surface area contributed by atoms with E-state index in [9.17, 15) is 9.90 Å². The highest BCUT2D eigenvalue weighted by molar-refractivity contribution is 6.32. The van der Waals surface area contributed by atoms with Gasteiger partial charge < -0.3 is 14.8 Å². The quantitative estimate of drug-likeness (QED) is 0.905. The van der Waals surface area contributed by atoms with E-state index in [0.29, 0.717) is 11.3 Å². The van der Waals surface area contributed by atoms with Crippen molar-refractivity contribution in [1.29, 1.82) is 0 Å². The molecular weight excluding hydrogens is 266 g/mol. The molecule has 0 saturated carbocycles. The first kappa shape index (κ1) is 13.5. The number of phenols is 1. The Morgan fingerprint density at radius 1 is 1.37 bits per heavy atom. The van der Waals surface area contributed by atoms with Crippen molar-refractivity contribution >= 4 is 17.5 Å². The molecule has 0 spiro atoms. The number of phenolic OH excluding ortho intramolecular Hbond substituents is 1. The number of amides is 1. The van der Waals surface area contributed by atoms with Crippen LogP contribution in [0.3, 0.4) is 0 Å². The van der Waals surface area contributed by atoms with Crippen molar-refractivity contribution in [3.63, 3.8) is 0 Å². The minimum absolute atomic E-state index is 0.0482. The smallest absolute Gasteiger partial charge is 0.251 e. The van der Waals surface area contributed by atoms with Crippen molar-refractivity contribution in [2.24, 2.45) is 0 Å². The molecule has 1 amide bonds.